The minimum atomic E-state index is -1.22. The van der Waals surface area contributed by atoms with E-state index in [4.69, 9.17) is 4.42 Å². The molecule has 0 amide bonds. The zero-order valence-corrected chi connectivity index (χ0v) is 18.4. The van der Waals surface area contributed by atoms with Gasteiger partial charge in [-0.15, -0.1) is 0 Å². The molecule has 5 rings (SSSR count). The number of rotatable bonds is 3. The summed E-state index contributed by atoms with van der Waals surface area (Å²) in [5, 5.41) is 24.0. The van der Waals surface area contributed by atoms with E-state index < -0.39 is 28.7 Å². The molecule has 34 heavy (non-hydrogen) atoms. The maximum atomic E-state index is 13.3. The SMILES string of the molecule is Cn1c(O)c(C(c2c(O)c3ccccc3oc2=O)c2cccc3ccccc23)c(=O)n(C)c1=O. The number of para-hydroxylation sites is 1. The molecular formula is C26H20N2O6. The highest BCUT2D eigenvalue weighted by Gasteiger charge is 2.33. The molecule has 0 aliphatic carbocycles. The van der Waals surface area contributed by atoms with Gasteiger partial charge in [-0.2, -0.15) is 0 Å². The first-order chi connectivity index (χ1) is 16.3. The molecule has 0 spiro atoms. The van der Waals surface area contributed by atoms with Gasteiger partial charge >= 0.3 is 11.3 Å². The predicted molar refractivity (Wildman–Crippen MR) is 128 cm³/mol. The molecule has 0 aliphatic heterocycles. The van der Waals surface area contributed by atoms with Gasteiger partial charge in [0.25, 0.3) is 5.56 Å². The first-order valence-electron chi connectivity index (χ1n) is 10.5. The normalized spacial score (nSPS) is 12.3. The lowest BCUT2D eigenvalue weighted by Crippen LogP contribution is -2.40. The van der Waals surface area contributed by atoms with Gasteiger partial charge in [-0.3, -0.25) is 13.9 Å². The first-order valence-corrected chi connectivity index (χ1v) is 10.5. The third-order valence-electron chi connectivity index (χ3n) is 6.20. The van der Waals surface area contributed by atoms with Gasteiger partial charge in [0, 0.05) is 14.1 Å². The van der Waals surface area contributed by atoms with Crippen molar-refractivity contribution in [2.75, 3.05) is 0 Å². The average Bonchev–Trinajstić information content (AvgIpc) is 2.85. The van der Waals surface area contributed by atoms with Crippen LogP contribution in [0.5, 0.6) is 11.6 Å². The van der Waals surface area contributed by atoms with Crippen LogP contribution in [0.1, 0.15) is 22.6 Å². The van der Waals surface area contributed by atoms with Crippen LogP contribution in [0.4, 0.5) is 0 Å². The van der Waals surface area contributed by atoms with Crippen LogP contribution < -0.4 is 16.9 Å². The van der Waals surface area contributed by atoms with Crippen molar-refractivity contribution in [1.29, 1.82) is 0 Å². The maximum absolute atomic E-state index is 13.3. The van der Waals surface area contributed by atoms with Crippen molar-refractivity contribution in [2.24, 2.45) is 14.1 Å². The molecule has 0 bridgehead atoms. The summed E-state index contributed by atoms with van der Waals surface area (Å²) in [4.78, 5) is 39.0. The number of nitrogens with zero attached hydrogens (tertiary/aromatic N) is 2. The molecule has 8 heteroatoms. The Labute approximate surface area is 192 Å². The summed E-state index contributed by atoms with van der Waals surface area (Å²) in [5.41, 5.74) is -2.13. The van der Waals surface area contributed by atoms with E-state index in [2.05, 4.69) is 0 Å². The Hall–Kier alpha value is -4.59. The zero-order chi connectivity index (χ0) is 24.1. The van der Waals surface area contributed by atoms with E-state index in [1.165, 1.54) is 14.1 Å². The Morgan fingerprint density at radius 2 is 1.41 bits per heavy atom. The summed E-state index contributed by atoms with van der Waals surface area (Å²) in [6, 6.07) is 19.2. The van der Waals surface area contributed by atoms with Crippen LogP contribution in [0.15, 0.2) is 85.5 Å². The van der Waals surface area contributed by atoms with E-state index in [0.29, 0.717) is 10.9 Å². The molecule has 1 unspecified atom stereocenters. The highest BCUT2D eigenvalue weighted by molar-refractivity contribution is 5.89. The molecule has 3 aromatic carbocycles. The van der Waals surface area contributed by atoms with E-state index in [0.717, 1.165) is 14.5 Å². The Kier molecular flexibility index (Phi) is 4.86. The van der Waals surface area contributed by atoms with Gasteiger partial charge < -0.3 is 14.6 Å². The summed E-state index contributed by atoms with van der Waals surface area (Å²) in [6.07, 6.45) is 0. The standard InChI is InChI=1S/C26H20N2O6/c1-27-23(30)21(24(31)28(2)26(27)33)19(16-12-7-9-14-8-3-4-10-15(14)16)20-22(29)17-11-5-6-13-18(17)34-25(20)32/h3-13,19,29-30H,1-2H3. The van der Waals surface area contributed by atoms with Crippen LogP contribution in [0.3, 0.4) is 0 Å². The summed E-state index contributed by atoms with van der Waals surface area (Å²) < 4.78 is 7.28. The summed E-state index contributed by atoms with van der Waals surface area (Å²) >= 11 is 0. The van der Waals surface area contributed by atoms with E-state index in [9.17, 15) is 24.6 Å². The van der Waals surface area contributed by atoms with Gasteiger partial charge in [0.15, 0.2) is 0 Å². The monoisotopic (exact) mass is 456 g/mol. The maximum Gasteiger partial charge on any atom is 0.344 e. The van der Waals surface area contributed by atoms with E-state index in [1.807, 2.05) is 30.3 Å². The molecule has 170 valence electrons. The van der Waals surface area contributed by atoms with Crippen molar-refractivity contribution in [1.82, 2.24) is 9.13 Å². The molecule has 0 radical (unpaired) electrons. The van der Waals surface area contributed by atoms with Gasteiger partial charge in [0.2, 0.25) is 5.88 Å². The van der Waals surface area contributed by atoms with Gasteiger partial charge in [-0.25, -0.2) is 9.59 Å². The van der Waals surface area contributed by atoms with Crippen LogP contribution in [0.25, 0.3) is 21.7 Å². The third-order valence-corrected chi connectivity index (χ3v) is 6.20. The van der Waals surface area contributed by atoms with Crippen LogP contribution in [0, 0.1) is 0 Å². The van der Waals surface area contributed by atoms with Gasteiger partial charge in [0.05, 0.1) is 22.4 Å². The Morgan fingerprint density at radius 1 is 0.765 bits per heavy atom. The molecule has 0 fully saturated rings. The van der Waals surface area contributed by atoms with Crippen molar-refractivity contribution in [3.8, 4) is 11.6 Å². The summed E-state index contributed by atoms with van der Waals surface area (Å²) in [7, 11) is 2.61. The van der Waals surface area contributed by atoms with Crippen molar-refractivity contribution in [2.45, 2.75) is 5.92 Å². The van der Waals surface area contributed by atoms with E-state index >= 15 is 0 Å². The van der Waals surface area contributed by atoms with Gasteiger partial charge in [0.1, 0.15) is 11.3 Å². The Balaban J connectivity index is 2.00. The average molecular weight is 456 g/mol. The molecule has 5 aromatic rings. The van der Waals surface area contributed by atoms with E-state index in [-0.39, 0.29) is 27.8 Å². The molecule has 2 N–H and O–H groups in total. The minimum Gasteiger partial charge on any atom is -0.507 e. The molecule has 2 heterocycles. The number of hydrogen-bond donors (Lipinski definition) is 2. The van der Waals surface area contributed by atoms with Crippen molar-refractivity contribution < 1.29 is 14.6 Å². The fourth-order valence-corrected chi connectivity index (χ4v) is 4.47. The molecule has 8 nitrogen and oxygen atoms in total. The van der Waals surface area contributed by atoms with Crippen molar-refractivity contribution in [3.63, 3.8) is 0 Å². The molecule has 0 aliphatic rings. The lowest BCUT2D eigenvalue weighted by molar-refractivity contribution is 0.399. The van der Waals surface area contributed by atoms with Crippen molar-refractivity contribution in [3.05, 3.63) is 115 Å². The third kappa shape index (κ3) is 3.03. The second-order valence-electron chi connectivity index (χ2n) is 8.09. The molecule has 0 saturated heterocycles. The minimum absolute atomic E-state index is 0.183. The lowest BCUT2D eigenvalue weighted by Gasteiger charge is -2.22. The number of benzene rings is 3. The highest BCUT2D eigenvalue weighted by atomic mass is 16.4. The largest absolute Gasteiger partial charge is 0.507 e. The second kappa shape index (κ2) is 7.77. The van der Waals surface area contributed by atoms with Gasteiger partial charge in [-0.1, -0.05) is 54.6 Å². The number of aromatic nitrogens is 2. The van der Waals surface area contributed by atoms with Crippen molar-refractivity contribution >= 4 is 21.7 Å². The Bertz CT molecular complexity index is 1770. The highest BCUT2D eigenvalue weighted by Crippen LogP contribution is 2.41. The predicted octanol–water partition coefficient (Wildman–Crippen LogP) is 2.94. The Morgan fingerprint density at radius 3 is 2.18 bits per heavy atom. The summed E-state index contributed by atoms with van der Waals surface area (Å²) in [5.74, 6) is -2.18. The molecule has 0 saturated carbocycles. The van der Waals surface area contributed by atoms with Gasteiger partial charge in [-0.05, 0) is 28.5 Å². The molecule has 1 atom stereocenters. The zero-order valence-electron chi connectivity index (χ0n) is 18.4. The topological polar surface area (TPSA) is 115 Å². The second-order valence-corrected chi connectivity index (χ2v) is 8.09. The molecular weight excluding hydrogens is 436 g/mol. The number of aromatic hydroxyl groups is 2. The van der Waals surface area contributed by atoms with Crippen LogP contribution in [-0.4, -0.2) is 19.3 Å². The number of fused-ring (bicyclic) bond motifs is 2. The summed E-state index contributed by atoms with van der Waals surface area (Å²) in [6.45, 7) is 0. The smallest absolute Gasteiger partial charge is 0.344 e. The van der Waals surface area contributed by atoms with Crippen LogP contribution >= 0.6 is 0 Å². The van der Waals surface area contributed by atoms with E-state index in [1.54, 1.807) is 36.4 Å². The van der Waals surface area contributed by atoms with Crippen LogP contribution in [0.2, 0.25) is 0 Å². The fraction of sp³-hybridized carbons (Fsp3) is 0.115. The quantitative estimate of drug-likeness (QED) is 0.404. The lowest BCUT2D eigenvalue weighted by atomic mass is 9.83. The fourth-order valence-electron chi connectivity index (χ4n) is 4.47. The first kappa shape index (κ1) is 21.3. The van der Waals surface area contributed by atoms with Crippen LogP contribution in [-0.2, 0) is 14.1 Å². The molecule has 2 aromatic heterocycles. The number of hydrogen-bond acceptors (Lipinski definition) is 6.